The van der Waals surface area contributed by atoms with Crippen LogP contribution in [0.25, 0.3) is 22.4 Å². The first-order valence-corrected chi connectivity index (χ1v) is 11.2. The summed E-state index contributed by atoms with van der Waals surface area (Å²) in [5.74, 6) is 0.0305. The van der Waals surface area contributed by atoms with Gasteiger partial charge in [-0.3, -0.25) is 0 Å². The minimum Gasteiger partial charge on any atom is -0.393 e. The molecule has 2 aromatic carbocycles. The molecule has 0 aliphatic carbocycles. The summed E-state index contributed by atoms with van der Waals surface area (Å²) >= 11 is 0. The van der Waals surface area contributed by atoms with Crippen LogP contribution < -0.4 is 0 Å². The molecule has 0 saturated carbocycles. The summed E-state index contributed by atoms with van der Waals surface area (Å²) in [5.41, 5.74) is 6.72. The molecule has 0 bridgehead atoms. The lowest BCUT2D eigenvalue weighted by Gasteiger charge is -2.20. The Hall–Kier alpha value is -2.43. The molecular weight excluding hydrogens is 389 g/mol. The van der Waals surface area contributed by atoms with Gasteiger partial charge in [-0.25, -0.2) is 4.39 Å². The summed E-state index contributed by atoms with van der Waals surface area (Å²) in [6, 6.07) is 16.9. The Morgan fingerprint density at radius 1 is 0.903 bits per heavy atom. The van der Waals surface area contributed by atoms with Crippen molar-refractivity contribution < 1.29 is 14.6 Å². The van der Waals surface area contributed by atoms with E-state index in [1.165, 1.54) is 23.4 Å². The van der Waals surface area contributed by atoms with Crippen LogP contribution in [0.5, 0.6) is 0 Å². The smallest absolute Gasteiger partial charge is 0.123 e. The first-order chi connectivity index (χ1) is 14.8. The average molecular weight is 424 g/mol. The monoisotopic (exact) mass is 423 g/mol. The molecule has 1 heterocycles. The van der Waals surface area contributed by atoms with E-state index in [2.05, 4.69) is 37.5 Å². The molecule has 3 nitrogen and oxygen atoms in total. The molecule has 2 N–H and O–H groups in total. The third-order valence-electron chi connectivity index (χ3n) is 5.99. The van der Waals surface area contributed by atoms with Crippen molar-refractivity contribution in [2.75, 3.05) is 0 Å². The van der Waals surface area contributed by atoms with Crippen LogP contribution in [-0.4, -0.2) is 27.0 Å². The second-order valence-corrected chi connectivity index (χ2v) is 8.65. The molecule has 3 rings (SSSR count). The van der Waals surface area contributed by atoms with Crippen molar-refractivity contribution in [1.29, 1.82) is 0 Å². The SMILES string of the molecule is CC[C@H](O)C[C@H](O)CCn1c(-c2ccc(F)cc2)c(-c2ccccc2)c(C)c1C(C)C. The molecule has 0 aliphatic heterocycles. The summed E-state index contributed by atoms with van der Waals surface area (Å²) in [6.45, 7) is 9.06. The van der Waals surface area contributed by atoms with Crippen LogP contribution in [0.3, 0.4) is 0 Å². The molecule has 1 aromatic heterocycles. The first-order valence-electron chi connectivity index (χ1n) is 11.2. The molecular formula is C27H34FNO2. The molecule has 0 amide bonds. The number of rotatable bonds is 9. The number of hydrogen-bond donors (Lipinski definition) is 2. The van der Waals surface area contributed by atoms with Gasteiger partial charge in [-0.1, -0.05) is 51.1 Å². The average Bonchev–Trinajstić information content (AvgIpc) is 3.05. The van der Waals surface area contributed by atoms with E-state index in [0.29, 0.717) is 25.8 Å². The molecule has 0 saturated heterocycles. The van der Waals surface area contributed by atoms with Gasteiger partial charge in [-0.05, 0) is 73.1 Å². The number of nitrogens with zero attached hydrogens (tertiary/aromatic N) is 1. The van der Waals surface area contributed by atoms with Gasteiger partial charge in [-0.2, -0.15) is 0 Å². The highest BCUT2D eigenvalue weighted by Gasteiger charge is 2.24. The van der Waals surface area contributed by atoms with Crippen molar-refractivity contribution in [3.05, 3.63) is 71.7 Å². The number of aliphatic hydroxyl groups is 2. The van der Waals surface area contributed by atoms with Crippen LogP contribution in [0.2, 0.25) is 0 Å². The lowest BCUT2D eigenvalue weighted by Crippen LogP contribution is -2.19. The Balaban J connectivity index is 2.14. The zero-order valence-corrected chi connectivity index (χ0v) is 19.0. The van der Waals surface area contributed by atoms with Crippen LogP contribution in [0.1, 0.15) is 57.2 Å². The van der Waals surface area contributed by atoms with Crippen LogP contribution in [0.15, 0.2) is 54.6 Å². The van der Waals surface area contributed by atoms with E-state index in [9.17, 15) is 14.6 Å². The highest BCUT2D eigenvalue weighted by atomic mass is 19.1. The molecule has 0 aliphatic rings. The topological polar surface area (TPSA) is 45.4 Å². The van der Waals surface area contributed by atoms with Crippen molar-refractivity contribution in [2.24, 2.45) is 0 Å². The predicted octanol–water partition coefficient (Wildman–Crippen LogP) is 6.31. The molecule has 166 valence electrons. The normalized spacial score (nSPS) is 13.5. The Morgan fingerprint density at radius 3 is 2.13 bits per heavy atom. The van der Waals surface area contributed by atoms with Gasteiger partial charge in [0.1, 0.15) is 5.82 Å². The minimum absolute atomic E-state index is 0.257. The highest BCUT2D eigenvalue weighted by Crippen LogP contribution is 2.41. The fourth-order valence-corrected chi connectivity index (χ4v) is 4.48. The van der Waals surface area contributed by atoms with Gasteiger partial charge in [0.25, 0.3) is 0 Å². The van der Waals surface area contributed by atoms with E-state index < -0.39 is 12.2 Å². The fraction of sp³-hybridized carbons (Fsp3) is 0.407. The number of aromatic nitrogens is 1. The minimum atomic E-state index is -0.570. The largest absolute Gasteiger partial charge is 0.393 e. The zero-order chi connectivity index (χ0) is 22.5. The van der Waals surface area contributed by atoms with Gasteiger partial charge >= 0.3 is 0 Å². The second kappa shape index (κ2) is 10.3. The fourth-order valence-electron chi connectivity index (χ4n) is 4.48. The van der Waals surface area contributed by atoms with Crippen molar-refractivity contribution in [3.8, 4) is 22.4 Å². The van der Waals surface area contributed by atoms with Gasteiger partial charge in [0.05, 0.1) is 17.9 Å². The molecule has 4 heteroatoms. The predicted molar refractivity (Wildman–Crippen MR) is 126 cm³/mol. The molecule has 0 spiro atoms. The molecule has 0 radical (unpaired) electrons. The van der Waals surface area contributed by atoms with E-state index in [-0.39, 0.29) is 11.7 Å². The van der Waals surface area contributed by atoms with Gasteiger partial charge in [-0.15, -0.1) is 0 Å². The Morgan fingerprint density at radius 2 is 1.55 bits per heavy atom. The third kappa shape index (κ3) is 5.25. The Labute approximate surface area is 185 Å². The Kier molecular flexibility index (Phi) is 7.69. The third-order valence-corrected chi connectivity index (χ3v) is 5.99. The number of aliphatic hydroxyl groups excluding tert-OH is 2. The van der Waals surface area contributed by atoms with E-state index in [1.807, 2.05) is 37.3 Å². The summed E-state index contributed by atoms with van der Waals surface area (Å²) in [6.07, 6.45) is 0.510. The van der Waals surface area contributed by atoms with E-state index >= 15 is 0 Å². The van der Waals surface area contributed by atoms with Crippen LogP contribution in [0.4, 0.5) is 4.39 Å². The highest BCUT2D eigenvalue weighted by molar-refractivity contribution is 5.85. The first kappa shape index (κ1) is 23.2. The van der Waals surface area contributed by atoms with Crippen LogP contribution in [-0.2, 0) is 6.54 Å². The summed E-state index contributed by atoms with van der Waals surface area (Å²) in [5, 5.41) is 20.4. The van der Waals surface area contributed by atoms with Crippen molar-refractivity contribution in [3.63, 3.8) is 0 Å². The number of hydrogen-bond acceptors (Lipinski definition) is 2. The number of benzene rings is 2. The lowest BCUT2D eigenvalue weighted by molar-refractivity contribution is 0.0711. The van der Waals surface area contributed by atoms with E-state index in [0.717, 1.165) is 22.4 Å². The molecule has 0 unspecified atom stereocenters. The lowest BCUT2D eigenvalue weighted by atomic mass is 9.96. The van der Waals surface area contributed by atoms with Crippen LogP contribution in [0, 0.1) is 12.7 Å². The Bertz CT molecular complexity index is 977. The van der Waals surface area contributed by atoms with Gasteiger partial charge in [0.2, 0.25) is 0 Å². The van der Waals surface area contributed by atoms with Crippen molar-refractivity contribution in [2.45, 2.75) is 71.6 Å². The number of halogens is 1. The van der Waals surface area contributed by atoms with Gasteiger partial charge < -0.3 is 14.8 Å². The van der Waals surface area contributed by atoms with Gasteiger partial charge in [0, 0.05) is 17.8 Å². The zero-order valence-electron chi connectivity index (χ0n) is 19.0. The maximum absolute atomic E-state index is 13.7. The molecule has 31 heavy (non-hydrogen) atoms. The summed E-state index contributed by atoms with van der Waals surface area (Å²) < 4.78 is 16.0. The maximum Gasteiger partial charge on any atom is 0.123 e. The standard InChI is InChI=1S/C27H34FNO2/c1-5-23(30)17-24(31)15-16-29-26(18(2)3)19(4)25(20-9-7-6-8-10-20)27(29)21-11-13-22(28)14-12-21/h6-14,18,23-24,30-31H,5,15-17H2,1-4H3/t23-,24+/m0/s1. The van der Waals surface area contributed by atoms with Crippen LogP contribution >= 0.6 is 0 Å². The molecule has 2 atom stereocenters. The summed E-state index contributed by atoms with van der Waals surface area (Å²) in [4.78, 5) is 0. The molecule has 0 fully saturated rings. The van der Waals surface area contributed by atoms with Crippen molar-refractivity contribution >= 4 is 0 Å². The molecule has 3 aromatic rings. The van der Waals surface area contributed by atoms with Gasteiger partial charge in [0.15, 0.2) is 0 Å². The van der Waals surface area contributed by atoms with E-state index in [1.54, 1.807) is 0 Å². The van der Waals surface area contributed by atoms with Crippen molar-refractivity contribution in [1.82, 2.24) is 4.57 Å². The maximum atomic E-state index is 13.7. The summed E-state index contributed by atoms with van der Waals surface area (Å²) in [7, 11) is 0. The second-order valence-electron chi connectivity index (χ2n) is 8.65. The van der Waals surface area contributed by atoms with E-state index in [4.69, 9.17) is 0 Å². The quantitative estimate of drug-likeness (QED) is 0.424.